The van der Waals surface area contributed by atoms with Crippen LogP contribution in [0.3, 0.4) is 0 Å². The van der Waals surface area contributed by atoms with Crippen LogP contribution in [-0.4, -0.2) is 45.8 Å². The summed E-state index contributed by atoms with van der Waals surface area (Å²) in [7, 11) is 0. The second-order valence-electron chi connectivity index (χ2n) is 8.05. The maximum absolute atomic E-state index is 12.0. The van der Waals surface area contributed by atoms with Crippen LogP contribution in [0.15, 0.2) is 24.5 Å². The zero-order valence-corrected chi connectivity index (χ0v) is 18.3. The van der Waals surface area contributed by atoms with E-state index in [1.54, 1.807) is 18.3 Å². The van der Waals surface area contributed by atoms with Crippen LogP contribution in [0.5, 0.6) is 0 Å². The number of rotatable bonds is 5. The predicted octanol–water partition coefficient (Wildman–Crippen LogP) is 3.93. The Labute approximate surface area is 176 Å². The molecule has 0 amide bonds. The third-order valence-electron chi connectivity index (χ3n) is 6.31. The zero-order valence-electron chi connectivity index (χ0n) is 16.7. The molecular weight excluding hydrogens is 386 g/mol. The highest BCUT2D eigenvalue weighted by atomic mass is 32.1. The minimum Gasteiger partial charge on any atom is -0.371 e. The first-order chi connectivity index (χ1) is 13.5. The van der Waals surface area contributed by atoms with E-state index in [1.807, 2.05) is 32.3 Å². The lowest BCUT2D eigenvalue weighted by molar-refractivity contribution is 0.0212. The topological polar surface area (TPSA) is 45.2 Å². The van der Waals surface area contributed by atoms with Crippen molar-refractivity contribution in [3.63, 3.8) is 0 Å². The van der Waals surface area contributed by atoms with Gasteiger partial charge in [0.1, 0.15) is 4.99 Å². The molecule has 3 aliphatic heterocycles. The quantitative estimate of drug-likeness (QED) is 0.594. The Bertz CT molecular complexity index is 885. The van der Waals surface area contributed by atoms with E-state index in [1.165, 1.54) is 31.5 Å². The molecule has 2 bridgehead atoms. The van der Waals surface area contributed by atoms with Crippen molar-refractivity contribution in [2.45, 2.75) is 52.1 Å². The summed E-state index contributed by atoms with van der Waals surface area (Å²) in [4.78, 5) is 21.8. The van der Waals surface area contributed by atoms with Crippen molar-refractivity contribution in [3.05, 3.63) is 51.0 Å². The molecule has 0 aliphatic carbocycles. The number of thiophene rings is 1. The number of Topliss-reactive ketones (excluding diaryl/α,β-unsaturated/α-hetero) is 1. The summed E-state index contributed by atoms with van der Waals surface area (Å²) in [5.41, 5.74) is 3.14. The van der Waals surface area contributed by atoms with Crippen molar-refractivity contribution in [1.82, 2.24) is 15.2 Å². The fourth-order valence-corrected chi connectivity index (χ4v) is 6.51. The molecule has 3 fully saturated rings. The Balaban J connectivity index is 1.57. The molecule has 28 heavy (non-hydrogen) atoms. The van der Waals surface area contributed by atoms with Crippen molar-refractivity contribution in [2.75, 3.05) is 13.1 Å². The molecule has 5 rings (SSSR count). The standard InChI is InChI=1S/C22H27N3OS2/c1-13-19(14(2)26)15(3)28-21(13)22(27)24-20-17-6-9-25(10-7-17)18(20)11-16-5-4-8-23-12-16/h4-5,8,12,17-18,20H,6-7,9-11H2,1-3H3,(H,24,27). The van der Waals surface area contributed by atoms with Crippen LogP contribution in [0, 0.1) is 19.8 Å². The molecule has 1 N–H and O–H groups in total. The summed E-state index contributed by atoms with van der Waals surface area (Å²) >= 11 is 7.48. The molecule has 5 heterocycles. The van der Waals surface area contributed by atoms with Gasteiger partial charge in [-0.15, -0.1) is 11.3 Å². The normalized spacial score (nSPS) is 26.2. The van der Waals surface area contributed by atoms with Crippen LogP contribution in [0.25, 0.3) is 0 Å². The first kappa shape index (κ1) is 19.7. The number of fused-ring (bicyclic) bond motifs is 3. The number of piperidine rings is 3. The largest absolute Gasteiger partial charge is 0.371 e. The summed E-state index contributed by atoms with van der Waals surface area (Å²) in [5, 5.41) is 3.73. The maximum Gasteiger partial charge on any atom is 0.161 e. The lowest BCUT2D eigenvalue weighted by Gasteiger charge is -2.51. The van der Waals surface area contributed by atoms with Gasteiger partial charge in [0.25, 0.3) is 0 Å². The Hall–Kier alpha value is -1.63. The van der Waals surface area contributed by atoms with Crippen molar-refractivity contribution >= 4 is 34.3 Å². The molecule has 3 saturated heterocycles. The minimum absolute atomic E-state index is 0.123. The molecule has 4 nitrogen and oxygen atoms in total. The Morgan fingerprint density at radius 2 is 2.11 bits per heavy atom. The Kier molecular flexibility index (Phi) is 5.63. The number of ketones is 1. The average molecular weight is 414 g/mol. The third kappa shape index (κ3) is 3.65. The van der Waals surface area contributed by atoms with E-state index in [0.29, 0.717) is 18.0 Å². The van der Waals surface area contributed by atoms with E-state index in [4.69, 9.17) is 12.2 Å². The van der Waals surface area contributed by atoms with Crippen LogP contribution < -0.4 is 5.32 Å². The molecule has 148 valence electrons. The highest BCUT2D eigenvalue weighted by Crippen LogP contribution is 2.35. The number of thiocarbonyl (C=S) groups is 1. The molecule has 0 radical (unpaired) electrons. The molecule has 2 aromatic rings. The van der Waals surface area contributed by atoms with Crippen LogP contribution in [0.1, 0.15) is 51.0 Å². The van der Waals surface area contributed by atoms with Gasteiger partial charge in [0.2, 0.25) is 0 Å². The first-order valence-corrected chi connectivity index (χ1v) is 11.2. The van der Waals surface area contributed by atoms with Gasteiger partial charge in [-0.05, 0) is 76.2 Å². The molecule has 0 aromatic carbocycles. The zero-order chi connectivity index (χ0) is 19.8. The van der Waals surface area contributed by atoms with E-state index in [0.717, 1.165) is 32.3 Å². The number of pyridine rings is 1. The molecule has 0 spiro atoms. The summed E-state index contributed by atoms with van der Waals surface area (Å²) in [6.45, 7) is 8.02. The van der Waals surface area contributed by atoms with Crippen molar-refractivity contribution < 1.29 is 4.79 Å². The Morgan fingerprint density at radius 3 is 2.71 bits per heavy atom. The van der Waals surface area contributed by atoms with Crippen LogP contribution in [0.2, 0.25) is 0 Å². The van der Waals surface area contributed by atoms with Gasteiger partial charge in [-0.2, -0.15) is 0 Å². The van der Waals surface area contributed by atoms with Crippen LogP contribution in [0.4, 0.5) is 0 Å². The van der Waals surface area contributed by atoms with Gasteiger partial charge < -0.3 is 5.32 Å². The molecule has 6 heteroatoms. The molecule has 3 aliphatic rings. The first-order valence-electron chi connectivity index (χ1n) is 10.0. The highest BCUT2D eigenvalue weighted by molar-refractivity contribution is 7.81. The third-order valence-corrected chi connectivity index (χ3v) is 7.99. The van der Waals surface area contributed by atoms with Crippen molar-refractivity contribution in [2.24, 2.45) is 5.92 Å². The van der Waals surface area contributed by atoms with Gasteiger partial charge >= 0.3 is 0 Å². The van der Waals surface area contributed by atoms with Gasteiger partial charge in [0, 0.05) is 34.9 Å². The van der Waals surface area contributed by atoms with Gasteiger partial charge in [0.15, 0.2) is 5.78 Å². The second-order valence-corrected chi connectivity index (χ2v) is 9.68. The number of aromatic nitrogens is 1. The van der Waals surface area contributed by atoms with Gasteiger partial charge in [0.05, 0.1) is 4.88 Å². The van der Waals surface area contributed by atoms with E-state index < -0.39 is 0 Å². The van der Waals surface area contributed by atoms with Crippen LogP contribution in [-0.2, 0) is 6.42 Å². The van der Waals surface area contributed by atoms with E-state index in [-0.39, 0.29) is 5.78 Å². The lowest BCUT2D eigenvalue weighted by atomic mass is 9.77. The van der Waals surface area contributed by atoms with Crippen molar-refractivity contribution in [3.8, 4) is 0 Å². The smallest absolute Gasteiger partial charge is 0.161 e. The fourth-order valence-electron chi connectivity index (χ4n) is 4.99. The molecule has 0 saturated carbocycles. The van der Waals surface area contributed by atoms with E-state index >= 15 is 0 Å². The number of hydrogen-bond donors (Lipinski definition) is 1. The lowest BCUT2D eigenvalue weighted by Crippen LogP contribution is -2.64. The number of nitrogens with one attached hydrogen (secondary N) is 1. The maximum atomic E-state index is 12.0. The molecule has 2 aromatic heterocycles. The van der Waals surface area contributed by atoms with Gasteiger partial charge in [-0.1, -0.05) is 18.3 Å². The number of nitrogens with zero attached hydrogens (tertiary/aromatic N) is 2. The van der Waals surface area contributed by atoms with Gasteiger partial charge in [-0.3, -0.25) is 14.7 Å². The van der Waals surface area contributed by atoms with E-state index in [2.05, 4.69) is 21.3 Å². The number of carbonyl (C=O) groups is 1. The second kappa shape index (κ2) is 8.01. The monoisotopic (exact) mass is 413 g/mol. The van der Waals surface area contributed by atoms with E-state index in [9.17, 15) is 4.79 Å². The molecule has 2 unspecified atom stereocenters. The number of carbonyl (C=O) groups excluding carboxylic acids is 1. The van der Waals surface area contributed by atoms with Crippen LogP contribution >= 0.6 is 23.6 Å². The number of hydrogen-bond acceptors (Lipinski definition) is 5. The summed E-state index contributed by atoms with van der Waals surface area (Å²) in [6, 6.07) is 4.96. The molecular formula is C22H27N3OS2. The fraction of sp³-hybridized carbons (Fsp3) is 0.500. The predicted molar refractivity (Wildman–Crippen MR) is 118 cm³/mol. The highest BCUT2D eigenvalue weighted by Gasteiger charge is 2.42. The Morgan fingerprint density at radius 1 is 1.36 bits per heavy atom. The molecule has 2 atom stereocenters. The average Bonchev–Trinajstić information content (AvgIpc) is 2.99. The van der Waals surface area contributed by atoms with Gasteiger partial charge in [-0.25, -0.2) is 0 Å². The SMILES string of the molecule is CC(=O)c1c(C)sc(C(=S)NC2C3CCN(CC3)C2Cc2cccnc2)c1C. The number of aryl methyl sites for hydroxylation is 1. The van der Waals surface area contributed by atoms with Crippen molar-refractivity contribution in [1.29, 1.82) is 0 Å². The summed E-state index contributed by atoms with van der Waals surface area (Å²) in [5.74, 6) is 0.774. The summed E-state index contributed by atoms with van der Waals surface area (Å²) < 4.78 is 0. The summed E-state index contributed by atoms with van der Waals surface area (Å²) in [6.07, 6.45) is 7.25. The minimum atomic E-state index is 0.123.